The lowest BCUT2D eigenvalue weighted by Crippen LogP contribution is -2.29. The molecule has 7 heteroatoms. The molecule has 17 heavy (non-hydrogen) atoms. The van der Waals surface area contributed by atoms with Gasteiger partial charge in [-0.15, -0.1) is 11.3 Å². The van der Waals surface area contributed by atoms with Crippen LogP contribution in [0.5, 0.6) is 0 Å². The SMILES string of the molecule is NNC(=O)c1cnc(-c2ccc(Cl)c(Cl)c2)s1. The number of nitrogens with zero attached hydrogens (tertiary/aromatic N) is 1. The molecule has 0 atom stereocenters. The van der Waals surface area contributed by atoms with Crippen LogP contribution in [0.2, 0.25) is 10.0 Å². The van der Waals surface area contributed by atoms with E-state index in [1.807, 2.05) is 0 Å². The lowest BCUT2D eigenvalue weighted by atomic mass is 10.2. The van der Waals surface area contributed by atoms with E-state index in [0.717, 1.165) is 5.56 Å². The fourth-order valence-electron chi connectivity index (χ4n) is 1.21. The van der Waals surface area contributed by atoms with Crippen LogP contribution in [-0.2, 0) is 0 Å². The van der Waals surface area contributed by atoms with Crippen molar-refractivity contribution in [2.24, 2.45) is 5.84 Å². The maximum absolute atomic E-state index is 11.3. The van der Waals surface area contributed by atoms with E-state index >= 15 is 0 Å². The number of carbonyl (C=O) groups excluding carboxylic acids is 1. The molecular weight excluding hydrogens is 281 g/mol. The highest BCUT2D eigenvalue weighted by atomic mass is 35.5. The molecule has 0 radical (unpaired) electrons. The zero-order chi connectivity index (χ0) is 12.4. The first kappa shape index (κ1) is 12.3. The zero-order valence-corrected chi connectivity index (χ0v) is 10.7. The Morgan fingerprint density at radius 1 is 1.35 bits per heavy atom. The summed E-state index contributed by atoms with van der Waals surface area (Å²) in [5, 5.41) is 1.61. The number of halogens is 2. The average molecular weight is 288 g/mol. The molecule has 0 bridgehead atoms. The smallest absolute Gasteiger partial charge is 0.276 e. The van der Waals surface area contributed by atoms with Crippen molar-refractivity contribution in [3.63, 3.8) is 0 Å². The summed E-state index contributed by atoms with van der Waals surface area (Å²) in [7, 11) is 0. The lowest BCUT2D eigenvalue weighted by Gasteiger charge is -1.98. The summed E-state index contributed by atoms with van der Waals surface area (Å²) >= 11 is 13.0. The van der Waals surface area contributed by atoms with Gasteiger partial charge in [-0.2, -0.15) is 0 Å². The molecule has 1 amide bonds. The predicted molar refractivity (Wildman–Crippen MR) is 69.2 cm³/mol. The van der Waals surface area contributed by atoms with E-state index in [-0.39, 0.29) is 5.91 Å². The standard InChI is InChI=1S/C10H7Cl2N3OS/c11-6-2-1-5(3-7(6)12)10-14-4-8(17-10)9(16)15-13/h1-4H,13H2,(H,15,16). The molecule has 1 aromatic heterocycles. The van der Waals surface area contributed by atoms with Crippen molar-refractivity contribution in [1.82, 2.24) is 10.4 Å². The Kier molecular flexibility index (Phi) is 3.63. The molecule has 0 saturated heterocycles. The number of amides is 1. The van der Waals surface area contributed by atoms with E-state index in [1.165, 1.54) is 17.5 Å². The molecule has 2 aromatic rings. The van der Waals surface area contributed by atoms with Gasteiger partial charge in [0.1, 0.15) is 9.88 Å². The maximum atomic E-state index is 11.3. The average Bonchev–Trinajstić information content (AvgIpc) is 2.81. The van der Waals surface area contributed by atoms with Gasteiger partial charge in [0.2, 0.25) is 0 Å². The summed E-state index contributed by atoms with van der Waals surface area (Å²) < 4.78 is 0. The Balaban J connectivity index is 2.37. The Bertz CT molecular complexity index is 570. The fourth-order valence-corrected chi connectivity index (χ4v) is 2.33. The quantitative estimate of drug-likeness (QED) is 0.507. The molecule has 1 aromatic carbocycles. The number of thiazole rings is 1. The fraction of sp³-hybridized carbons (Fsp3) is 0. The summed E-state index contributed by atoms with van der Waals surface area (Å²) in [6, 6.07) is 5.17. The van der Waals surface area contributed by atoms with Gasteiger partial charge in [-0.3, -0.25) is 10.2 Å². The van der Waals surface area contributed by atoms with Crippen LogP contribution in [-0.4, -0.2) is 10.9 Å². The molecule has 4 nitrogen and oxygen atoms in total. The summed E-state index contributed by atoms with van der Waals surface area (Å²) in [5.74, 6) is 4.67. The number of nitrogens with one attached hydrogen (secondary N) is 1. The van der Waals surface area contributed by atoms with Crippen LogP contribution in [0, 0.1) is 0 Å². The molecular formula is C10H7Cl2N3OS. The molecule has 2 rings (SSSR count). The normalized spacial score (nSPS) is 10.3. The van der Waals surface area contributed by atoms with Gasteiger partial charge >= 0.3 is 0 Å². The largest absolute Gasteiger partial charge is 0.289 e. The lowest BCUT2D eigenvalue weighted by molar-refractivity contribution is 0.0957. The molecule has 88 valence electrons. The van der Waals surface area contributed by atoms with Crippen molar-refractivity contribution in [3.8, 4) is 10.6 Å². The number of nitrogen functional groups attached to an aromatic ring is 1. The maximum Gasteiger partial charge on any atom is 0.276 e. The molecule has 0 spiro atoms. The molecule has 0 aliphatic carbocycles. The van der Waals surface area contributed by atoms with Crippen LogP contribution in [0.3, 0.4) is 0 Å². The third-order valence-electron chi connectivity index (χ3n) is 2.03. The molecule has 0 fully saturated rings. The monoisotopic (exact) mass is 287 g/mol. The molecule has 0 aliphatic rings. The molecule has 1 heterocycles. The summed E-state index contributed by atoms with van der Waals surface area (Å²) in [5.41, 5.74) is 2.86. The van der Waals surface area contributed by atoms with Crippen LogP contribution in [0.25, 0.3) is 10.6 Å². The van der Waals surface area contributed by atoms with Crippen molar-refractivity contribution in [3.05, 3.63) is 39.3 Å². The van der Waals surface area contributed by atoms with Crippen molar-refractivity contribution in [2.75, 3.05) is 0 Å². The van der Waals surface area contributed by atoms with E-state index in [0.29, 0.717) is 19.9 Å². The highest BCUT2D eigenvalue weighted by Gasteiger charge is 2.11. The summed E-state index contributed by atoms with van der Waals surface area (Å²) in [6.07, 6.45) is 1.46. The van der Waals surface area contributed by atoms with E-state index < -0.39 is 0 Å². The number of carbonyl (C=O) groups is 1. The number of nitrogens with two attached hydrogens (primary N) is 1. The van der Waals surface area contributed by atoms with Gasteiger partial charge in [0, 0.05) is 5.56 Å². The number of hydrazine groups is 1. The van der Waals surface area contributed by atoms with Gasteiger partial charge in [-0.1, -0.05) is 29.3 Å². The van der Waals surface area contributed by atoms with Crippen LogP contribution in [0.4, 0.5) is 0 Å². The van der Waals surface area contributed by atoms with Gasteiger partial charge in [0.05, 0.1) is 16.2 Å². The van der Waals surface area contributed by atoms with Crippen LogP contribution in [0.15, 0.2) is 24.4 Å². The molecule has 3 N–H and O–H groups in total. The van der Waals surface area contributed by atoms with Gasteiger partial charge in [0.25, 0.3) is 5.91 Å². The number of benzene rings is 1. The van der Waals surface area contributed by atoms with Crippen molar-refractivity contribution >= 4 is 40.4 Å². The van der Waals surface area contributed by atoms with Crippen LogP contribution in [0.1, 0.15) is 9.67 Å². The first-order chi connectivity index (χ1) is 8.11. The second-order valence-corrected chi connectivity index (χ2v) is 4.98. The number of hydrogen-bond acceptors (Lipinski definition) is 4. The number of rotatable bonds is 2. The minimum absolute atomic E-state index is 0.367. The number of aromatic nitrogens is 1. The second-order valence-electron chi connectivity index (χ2n) is 3.13. The van der Waals surface area contributed by atoms with E-state index in [9.17, 15) is 4.79 Å². The third-order valence-corrected chi connectivity index (χ3v) is 3.81. The first-order valence-corrected chi connectivity index (χ1v) is 6.11. The van der Waals surface area contributed by atoms with E-state index in [1.54, 1.807) is 18.2 Å². The molecule has 0 unspecified atom stereocenters. The summed E-state index contributed by atoms with van der Waals surface area (Å²) in [4.78, 5) is 15.8. The first-order valence-electron chi connectivity index (χ1n) is 4.54. The summed E-state index contributed by atoms with van der Waals surface area (Å²) in [6.45, 7) is 0. The Labute approximate surface area is 111 Å². The topological polar surface area (TPSA) is 68.0 Å². The van der Waals surface area contributed by atoms with Crippen LogP contribution < -0.4 is 11.3 Å². The minimum Gasteiger partial charge on any atom is -0.289 e. The Morgan fingerprint density at radius 3 is 2.76 bits per heavy atom. The highest BCUT2D eigenvalue weighted by molar-refractivity contribution is 7.16. The van der Waals surface area contributed by atoms with Crippen molar-refractivity contribution in [2.45, 2.75) is 0 Å². The van der Waals surface area contributed by atoms with Crippen molar-refractivity contribution in [1.29, 1.82) is 0 Å². The minimum atomic E-state index is -0.367. The second kappa shape index (κ2) is 5.01. The predicted octanol–water partition coefficient (Wildman–Crippen LogP) is 2.72. The van der Waals surface area contributed by atoms with E-state index in [2.05, 4.69) is 10.4 Å². The van der Waals surface area contributed by atoms with Crippen molar-refractivity contribution < 1.29 is 4.79 Å². The van der Waals surface area contributed by atoms with Crippen LogP contribution >= 0.6 is 34.5 Å². The Hall–Kier alpha value is -1.14. The van der Waals surface area contributed by atoms with Gasteiger partial charge in [-0.05, 0) is 12.1 Å². The van der Waals surface area contributed by atoms with Gasteiger partial charge in [-0.25, -0.2) is 10.8 Å². The Morgan fingerprint density at radius 2 is 2.12 bits per heavy atom. The molecule has 0 saturated carbocycles. The number of hydrogen-bond donors (Lipinski definition) is 2. The third kappa shape index (κ3) is 2.58. The van der Waals surface area contributed by atoms with Gasteiger partial charge in [0.15, 0.2) is 0 Å². The highest BCUT2D eigenvalue weighted by Crippen LogP contribution is 2.30. The van der Waals surface area contributed by atoms with E-state index in [4.69, 9.17) is 29.0 Å². The van der Waals surface area contributed by atoms with Gasteiger partial charge < -0.3 is 0 Å². The zero-order valence-electron chi connectivity index (χ0n) is 8.41. The molecule has 0 aliphatic heterocycles.